The number of carbonyl (C=O) groups excluding carboxylic acids is 1. The molecule has 0 spiro atoms. The third-order valence-electron chi connectivity index (χ3n) is 3.82. The summed E-state index contributed by atoms with van der Waals surface area (Å²) >= 11 is 0. The van der Waals surface area contributed by atoms with Gasteiger partial charge in [-0.25, -0.2) is 4.79 Å². The molecule has 2 aromatic carbocycles. The second kappa shape index (κ2) is 5.90. The third-order valence-corrected chi connectivity index (χ3v) is 3.82. The molecule has 3 aromatic rings. The molecule has 0 N–H and O–H groups in total. The van der Waals surface area contributed by atoms with E-state index in [1.54, 1.807) is 18.2 Å². The highest BCUT2D eigenvalue weighted by atomic mass is 16.5. The number of esters is 1. The first-order valence-corrected chi connectivity index (χ1v) is 7.13. The van der Waals surface area contributed by atoms with Gasteiger partial charge in [0.05, 0.1) is 24.3 Å². The summed E-state index contributed by atoms with van der Waals surface area (Å²) in [5.41, 5.74) is 3.28. The van der Waals surface area contributed by atoms with Crippen molar-refractivity contribution >= 4 is 16.7 Å². The Hall–Kier alpha value is -3.19. The first-order chi connectivity index (χ1) is 11.2. The molecule has 0 bridgehead atoms. The van der Waals surface area contributed by atoms with Gasteiger partial charge in [0.15, 0.2) is 0 Å². The van der Waals surface area contributed by atoms with E-state index < -0.39 is 5.97 Å². The van der Waals surface area contributed by atoms with Gasteiger partial charge in [0.2, 0.25) is 0 Å². The highest BCUT2D eigenvalue weighted by Gasteiger charge is 2.15. The summed E-state index contributed by atoms with van der Waals surface area (Å²) in [6.07, 6.45) is 1.81. The Labute approximate surface area is 134 Å². The molecule has 0 aliphatic rings. The van der Waals surface area contributed by atoms with Crippen LogP contribution < -0.4 is 0 Å². The quantitative estimate of drug-likeness (QED) is 0.674. The number of rotatable bonds is 2. The van der Waals surface area contributed by atoms with Gasteiger partial charge in [-0.15, -0.1) is 0 Å². The fourth-order valence-corrected chi connectivity index (χ4v) is 2.70. The molecular formula is C19H14N2O2. The number of hydrogen-bond acceptors (Lipinski definition) is 4. The lowest BCUT2D eigenvalue weighted by molar-refractivity contribution is 0.0601. The standard InChI is InChI=1S/C19H14N2O2/c1-12-18(16-6-4-3-5-15(16)11-21-12)17-9-13(19(22)23-2)7-8-14(17)10-20/h3-9,11H,1-2H3. The Morgan fingerprint density at radius 2 is 2.00 bits per heavy atom. The Morgan fingerprint density at radius 3 is 2.74 bits per heavy atom. The van der Waals surface area contributed by atoms with Crippen molar-refractivity contribution in [1.29, 1.82) is 5.26 Å². The van der Waals surface area contributed by atoms with E-state index in [2.05, 4.69) is 11.1 Å². The molecule has 0 fully saturated rings. The molecule has 0 saturated heterocycles. The van der Waals surface area contributed by atoms with Gasteiger partial charge in [-0.1, -0.05) is 24.3 Å². The number of carbonyl (C=O) groups is 1. The van der Waals surface area contributed by atoms with E-state index in [-0.39, 0.29) is 0 Å². The maximum atomic E-state index is 11.8. The molecule has 112 valence electrons. The van der Waals surface area contributed by atoms with E-state index in [9.17, 15) is 10.1 Å². The summed E-state index contributed by atoms with van der Waals surface area (Å²) in [6.45, 7) is 1.90. The zero-order valence-electron chi connectivity index (χ0n) is 12.8. The van der Waals surface area contributed by atoms with Crippen molar-refractivity contribution in [2.24, 2.45) is 0 Å². The van der Waals surface area contributed by atoms with Crippen LogP contribution in [0.5, 0.6) is 0 Å². The Bertz CT molecular complexity index is 955. The topological polar surface area (TPSA) is 63.0 Å². The van der Waals surface area contributed by atoms with E-state index in [1.807, 2.05) is 37.4 Å². The van der Waals surface area contributed by atoms with Gasteiger partial charge in [0.1, 0.15) is 0 Å². The van der Waals surface area contributed by atoms with Crippen LogP contribution in [0.3, 0.4) is 0 Å². The molecule has 23 heavy (non-hydrogen) atoms. The number of pyridine rings is 1. The normalized spacial score (nSPS) is 10.3. The first kappa shape index (κ1) is 14.7. The SMILES string of the molecule is COC(=O)c1ccc(C#N)c(-c2c(C)ncc3ccccc23)c1. The van der Waals surface area contributed by atoms with Crippen LogP contribution in [-0.4, -0.2) is 18.1 Å². The van der Waals surface area contributed by atoms with Crippen molar-refractivity contribution in [3.63, 3.8) is 0 Å². The molecule has 0 atom stereocenters. The van der Waals surface area contributed by atoms with Crippen molar-refractivity contribution in [2.45, 2.75) is 6.92 Å². The zero-order chi connectivity index (χ0) is 16.4. The zero-order valence-corrected chi connectivity index (χ0v) is 12.8. The van der Waals surface area contributed by atoms with Crippen LogP contribution in [0.1, 0.15) is 21.6 Å². The van der Waals surface area contributed by atoms with Crippen molar-refractivity contribution in [2.75, 3.05) is 7.11 Å². The van der Waals surface area contributed by atoms with Gasteiger partial charge < -0.3 is 4.74 Å². The van der Waals surface area contributed by atoms with Crippen molar-refractivity contribution in [3.05, 3.63) is 65.5 Å². The van der Waals surface area contributed by atoms with E-state index in [0.29, 0.717) is 16.7 Å². The number of aryl methyl sites for hydroxylation is 1. The Kier molecular flexibility index (Phi) is 3.78. The van der Waals surface area contributed by atoms with Crippen molar-refractivity contribution < 1.29 is 9.53 Å². The maximum Gasteiger partial charge on any atom is 0.337 e. The molecule has 1 aromatic heterocycles. The predicted octanol–water partition coefficient (Wildman–Crippen LogP) is 3.87. The summed E-state index contributed by atoms with van der Waals surface area (Å²) in [7, 11) is 1.34. The first-order valence-electron chi connectivity index (χ1n) is 7.13. The number of ether oxygens (including phenoxy) is 1. The van der Waals surface area contributed by atoms with Gasteiger partial charge in [-0.05, 0) is 30.5 Å². The van der Waals surface area contributed by atoms with Crippen LogP contribution >= 0.6 is 0 Å². The molecule has 4 heteroatoms. The second-order valence-corrected chi connectivity index (χ2v) is 5.17. The number of aromatic nitrogens is 1. The monoisotopic (exact) mass is 302 g/mol. The van der Waals surface area contributed by atoms with E-state index in [4.69, 9.17) is 4.74 Å². The summed E-state index contributed by atoms with van der Waals surface area (Å²) in [5.74, 6) is -0.429. The number of nitriles is 1. The molecule has 0 amide bonds. The predicted molar refractivity (Wildman–Crippen MR) is 88.0 cm³/mol. The molecular weight excluding hydrogens is 288 g/mol. The van der Waals surface area contributed by atoms with Crippen LogP contribution in [0.25, 0.3) is 21.9 Å². The molecule has 0 unspecified atom stereocenters. The van der Waals surface area contributed by atoms with Crippen LogP contribution in [0.15, 0.2) is 48.7 Å². The molecule has 0 saturated carbocycles. The van der Waals surface area contributed by atoms with E-state index >= 15 is 0 Å². The molecule has 0 aliphatic carbocycles. The lowest BCUT2D eigenvalue weighted by Crippen LogP contribution is -2.02. The van der Waals surface area contributed by atoms with Gasteiger partial charge in [0.25, 0.3) is 0 Å². The van der Waals surface area contributed by atoms with Crippen molar-refractivity contribution in [3.8, 4) is 17.2 Å². The number of hydrogen-bond donors (Lipinski definition) is 0. The highest BCUT2D eigenvalue weighted by Crippen LogP contribution is 2.33. The van der Waals surface area contributed by atoms with Crippen LogP contribution in [-0.2, 0) is 4.74 Å². The smallest absolute Gasteiger partial charge is 0.337 e. The second-order valence-electron chi connectivity index (χ2n) is 5.17. The molecule has 3 rings (SSSR count). The minimum Gasteiger partial charge on any atom is -0.465 e. The molecule has 1 heterocycles. The molecule has 0 aliphatic heterocycles. The van der Waals surface area contributed by atoms with Crippen LogP contribution in [0, 0.1) is 18.3 Å². The highest BCUT2D eigenvalue weighted by molar-refractivity contribution is 6.00. The summed E-state index contributed by atoms with van der Waals surface area (Å²) in [4.78, 5) is 16.3. The van der Waals surface area contributed by atoms with Crippen LogP contribution in [0.2, 0.25) is 0 Å². The maximum absolute atomic E-state index is 11.8. The number of fused-ring (bicyclic) bond motifs is 1. The Balaban J connectivity index is 2.36. The van der Waals surface area contributed by atoms with Gasteiger partial charge in [0, 0.05) is 28.4 Å². The fraction of sp³-hybridized carbons (Fsp3) is 0.105. The van der Waals surface area contributed by atoms with Crippen LogP contribution in [0.4, 0.5) is 0 Å². The number of nitrogens with zero attached hydrogens (tertiary/aromatic N) is 2. The van der Waals surface area contributed by atoms with Crippen molar-refractivity contribution in [1.82, 2.24) is 4.98 Å². The van der Waals surface area contributed by atoms with E-state index in [0.717, 1.165) is 22.0 Å². The van der Waals surface area contributed by atoms with Gasteiger partial charge >= 0.3 is 5.97 Å². The lowest BCUT2D eigenvalue weighted by Gasteiger charge is -2.12. The number of benzene rings is 2. The number of methoxy groups -OCH3 is 1. The summed E-state index contributed by atoms with van der Waals surface area (Å²) in [6, 6.07) is 15.0. The molecule has 4 nitrogen and oxygen atoms in total. The summed E-state index contributed by atoms with van der Waals surface area (Å²) < 4.78 is 4.78. The third kappa shape index (κ3) is 2.53. The minimum atomic E-state index is -0.429. The van der Waals surface area contributed by atoms with Gasteiger partial charge in [-0.3, -0.25) is 4.98 Å². The average molecular weight is 302 g/mol. The fourth-order valence-electron chi connectivity index (χ4n) is 2.70. The molecule has 0 radical (unpaired) electrons. The minimum absolute atomic E-state index is 0.411. The summed E-state index contributed by atoms with van der Waals surface area (Å²) in [5, 5.41) is 11.4. The van der Waals surface area contributed by atoms with Gasteiger partial charge in [-0.2, -0.15) is 5.26 Å². The average Bonchev–Trinajstić information content (AvgIpc) is 2.60. The Morgan fingerprint density at radius 1 is 1.22 bits per heavy atom. The largest absolute Gasteiger partial charge is 0.465 e. The lowest BCUT2D eigenvalue weighted by atomic mass is 9.93. The van der Waals surface area contributed by atoms with E-state index in [1.165, 1.54) is 7.11 Å².